The van der Waals surface area contributed by atoms with Gasteiger partial charge in [-0.3, -0.25) is 0 Å². The van der Waals surface area contributed by atoms with Gasteiger partial charge in [0.2, 0.25) is 0 Å². The van der Waals surface area contributed by atoms with E-state index in [9.17, 15) is 36.2 Å². The monoisotopic (exact) mass is 645 g/mol. The van der Waals surface area contributed by atoms with E-state index >= 15 is 0 Å². The number of fused-ring (bicyclic) bond motifs is 1. The predicted octanol–water partition coefficient (Wildman–Crippen LogP) is 0.00830. The summed E-state index contributed by atoms with van der Waals surface area (Å²) in [5, 5.41) is 9.88. The molecule has 2 heterocycles. The number of alkyl halides is 9. The maximum absolute atomic E-state index is 13.4. The van der Waals surface area contributed by atoms with Crippen molar-refractivity contribution >= 4 is 26.3 Å². The zero-order valence-corrected chi connectivity index (χ0v) is 19.3. The molecule has 0 aromatic heterocycles. The third-order valence-electron chi connectivity index (χ3n) is 5.67. The maximum atomic E-state index is 13.4. The van der Waals surface area contributed by atoms with Gasteiger partial charge in [-0.15, -0.1) is 0 Å². The molecule has 0 aromatic rings. The van der Waals surface area contributed by atoms with Crippen molar-refractivity contribution in [2.45, 2.75) is 70.2 Å². The Bertz CT molecular complexity index is 620. The van der Waals surface area contributed by atoms with Gasteiger partial charge in [0.25, 0.3) is 0 Å². The van der Waals surface area contributed by atoms with Gasteiger partial charge in [-0.1, -0.05) is 0 Å². The molecule has 3 N–H and O–H groups in total. The van der Waals surface area contributed by atoms with Gasteiger partial charge < -0.3 is 0 Å². The molecule has 3 fully saturated rings. The number of nitrogens with one attached hydrogen (secondary N) is 2. The quantitative estimate of drug-likeness (QED) is 0.0692. The van der Waals surface area contributed by atoms with E-state index < -0.39 is 91.0 Å². The van der Waals surface area contributed by atoms with Gasteiger partial charge in [-0.2, -0.15) is 0 Å². The van der Waals surface area contributed by atoms with Crippen molar-refractivity contribution in [1.29, 1.82) is 0 Å². The molecule has 3 rings (SSSR count). The number of hydrogen-bond donors (Lipinski definition) is 3. The third kappa shape index (κ3) is 3.53. The Labute approximate surface area is 176 Å². The molecule has 1 saturated carbocycles. The zero-order chi connectivity index (χ0) is 21.2. The first-order valence-corrected chi connectivity index (χ1v) is 15.0. The molecule has 0 amide bonds. The number of ether oxygens (including phenoxy) is 1. The summed E-state index contributed by atoms with van der Waals surface area (Å²) in [7, 11) is 0. The molecule has 2 saturated heterocycles. The number of aliphatic hydroxyl groups is 1. The van der Waals surface area contributed by atoms with Crippen molar-refractivity contribution in [3.05, 3.63) is 0 Å². The van der Waals surface area contributed by atoms with E-state index in [0.29, 0.717) is 25.7 Å². The molecule has 166 valence electrons. The molecule has 2 atom stereocenters. The number of hydrogen-bond acceptors (Lipinski definition) is 5. The summed E-state index contributed by atoms with van der Waals surface area (Å²) in [4.78, 5) is 14.5. The molecule has 0 radical (unpaired) electrons. The average molecular weight is 645 g/mol. The van der Waals surface area contributed by atoms with Crippen LogP contribution in [0.1, 0.15) is 39.0 Å². The van der Waals surface area contributed by atoms with E-state index in [1.165, 1.54) is 6.92 Å². The van der Waals surface area contributed by atoms with Crippen molar-refractivity contribution < 1.29 is 62.2 Å². The predicted molar refractivity (Wildman–Crippen MR) is 90.9 cm³/mol. The molecule has 5 nitrogen and oxygen atoms in total. The fraction of sp³-hybridized carbons (Fsp3) is 0.933. The Morgan fingerprint density at radius 2 is 1.68 bits per heavy atom. The summed E-state index contributed by atoms with van der Waals surface area (Å²) >= 11 is -2.61. The molecular formula is C15H21F6I2N2O3-. The van der Waals surface area contributed by atoms with Gasteiger partial charge in [0.1, 0.15) is 0 Å². The van der Waals surface area contributed by atoms with Crippen molar-refractivity contribution in [3.63, 3.8) is 0 Å². The summed E-state index contributed by atoms with van der Waals surface area (Å²) in [5.74, 6) is -1.56. The van der Waals surface area contributed by atoms with Gasteiger partial charge in [0, 0.05) is 0 Å². The van der Waals surface area contributed by atoms with Crippen molar-refractivity contribution in [2.75, 3.05) is 4.93 Å². The Hall–Kier alpha value is 0.390. The SMILES string of the molecule is C[I-]C(C)(C(=O)OC(CC1CCCC1)C(O)(C(F)(F)F)C(F)(F)F)C12NI1N2. The van der Waals surface area contributed by atoms with Crippen LogP contribution in [0.2, 0.25) is 0 Å². The number of esters is 1. The Balaban J connectivity index is 1.91. The summed E-state index contributed by atoms with van der Waals surface area (Å²) < 4.78 is 89.9. The minimum atomic E-state index is -6.03. The topological polar surface area (TPSA) is 90.4 Å². The first-order valence-electron chi connectivity index (χ1n) is 8.56. The van der Waals surface area contributed by atoms with Crippen LogP contribution in [-0.4, -0.2) is 47.2 Å². The van der Waals surface area contributed by atoms with E-state index in [2.05, 4.69) is 7.06 Å². The average Bonchev–Trinajstić information content (AvgIpc) is 3.38. The molecule has 2 aliphatic heterocycles. The fourth-order valence-corrected chi connectivity index (χ4v) is 13.9. The van der Waals surface area contributed by atoms with Crippen LogP contribution in [0.15, 0.2) is 0 Å². The van der Waals surface area contributed by atoms with Gasteiger partial charge in [0.05, 0.1) is 0 Å². The van der Waals surface area contributed by atoms with Crippen LogP contribution in [0.4, 0.5) is 26.3 Å². The molecular weight excluding hydrogens is 624 g/mol. The van der Waals surface area contributed by atoms with E-state index in [-0.39, 0.29) is 0 Å². The number of rotatable bonds is 7. The Morgan fingerprint density at radius 1 is 1.21 bits per heavy atom. The van der Waals surface area contributed by atoms with Gasteiger partial charge in [-0.25, -0.2) is 0 Å². The van der Waals surface area contributed by atoms with Gasteiger partial charge in [-0.05, 0) is 0 Å². The van der Waals surface area contributed by atoms with Crippen LogP contribution in [0.25, 0.3) is 0 Å². The van der Waals surface area contributed by atoms with Crippen molar-refractivity contribution in [1.82, 2.24) is 7.06 Å². The second-order valence-corrected chi connectivity index (χ2v) is 14.9. The first-order chi connectivity index (χ1) is 12.7. The van der Waals surface area contributed by atoms with E-state index in [1.807, 2.05) is 0 Å². The standard InChI is InChI=1S/C15H21F6I2N2O3/c1-11(22-2,15-23(24-15)25-15)10(26)28-9(7-8-5-3-4-6-8)12(27,13(16,17)18)14(19,20)21/h8-9,24-25,27H,3-7H2,1-2H3/q-1. The molecule has 0 bridgehead atoms. The summed E-state index contributed by atoms with van der Waals surface area (Å²) in [5.41, 5.74) is -5.10. The Morgan fingerprint density at radius 3 is 2.04 bits per heavy atom. The van der Waals surface area contributed by atoms with Crippen LogP contribution in [0, 0.1) is 5.92 Å². The zero-order valence-electron chi connectivity index (χ0n) is 15.0. The third-order valence-corrected chi connectivity index (χ3v) is 15.0. The van der Waals surface area contributed by atoms with Crippen LogP contribution in [0.3, 0.4) is 0 Å². The number of halogens is 8. The van der Waals surface area contributed by atoms with Crippen molar-refractivity contribution in [3.8, 4) is 0 Å². The van der Waals surface area contributed by atoms with E-state index in [4.69, 9.17) is 4.74 Å². The number of carbonyl (C=O) groups excluding carboxylic acids is 1. The van der Waals surface area contributed by atoms with Crippen LogP contribution >= 0.6 is 20.4 Å². The minimum absolute atomic E-state index is 0.445. The van der Waals surface area contributed by atoms with Crippen LogP contribution in [0.5, 0.6) is 0 Å². The molecule has 0 aromatic carbocycles. The molecule has 1 aliphatic carbocycles. The molecule has 13 heteroatoms. The van der Waals surface area contributed by atoms with E-state index in [0.717, 1.165) is 0 Å². The number of carbonyl (C=O) groups is 1. The fourth-order valence-electron chi connectivity index (χ4n) is 3.55. The van der Waals surface area contributed by atoms with Gasteiger partial charge in [0.15, 0.2) is 0 Å². The summed E-state index contributed by atoms with van der Waals surface area (Å²) in [6, 6.07) is 0. The molecule has 28 heavy (non-hydrogen) atoms. The molecule has 0 spiro atoms. The van der Waals surface area contributed by atoms with E-state index in [1.54, 1.807) is 4.93 Å². The summed E-state index contributed by atoms with van der Waals surface area (Å²) in [6.45, 7) is 1.51. The van der Waals surface area contributed by atoms with Crippen LogP contribution in [-0.2, 0) is 9.53 Å². The second kappa shape index (κ2) is 7.22. The Kier molecular flexibility index (Phi) is 5.95. The van der Waals surface area contributed by atoms with Crippen LogP contribution < -0.4 is 28.3 Å². The second-order valence-electron chi connectivity index (χ2n) is 7.36. The molecule has 2 unspecified atom stereocenters. The first kappa shape index (κ1) is 23.1. The summed E-state index contributed by atoms with van der Waals surface area (Å²) in [6.07, 6.45) is -13.2. The normalized spacial score (nSPS) is 26.5. The van der Waals surface area contributed by atoms with Gasteiger partial charge >= 0.3 is 177 Å². The molecule has 3 aliphatic rings. The van der Waals surface area contributed by atoms with Crippen molar-refractivity contribution in [2.24, 2.45) is 5.92 Å².